The third kappa shape index (κ3) is 6.12. The van der Waals surface area contributed by atoms with Crippen LogP contribution in [0.5, 0.6) is 0 Å². The third-order valence-electron chi connectivity index (χ3n) is 2.48. The summed E-state index contributed by atoms with van der Waals surface area (Å²) in [5.74, 6) is -0.213. The van der Waals surface area contributed by atoms with Crippen LogP contribution in [0.3, 0.4) is 0 Å². The maximum absolute atomic E-state index is 11.9. The van der Waals surface area contributed by atoms with Crippen molar-refractivity contribution >= 4 is 10.0 Å². The standard InChI is InChI=1S/C13H18N2O4S/c1-18-8-9-19-7-6-15-20(16,17)11-13-5-3-2-4-12(13)10-14/h2-5,15H,6-9,11H2,1H3. The van der Waals surface area contributed by atoms with Gasteiger partial charge < -0.3 is 9.47 Å². The van der Waals surface area contributed by atoms with E-state index in [1.165, 1.54) is 0 Å². The zero-order chi connectivity index (χ0) is 14.8. The van der Waals surface area contributed by atoms with Gasteiger partial charge >= 0.3 is 0 Å². The van der Waals surface area contributed by atoms with E-state index in [0.29, 0.717) is 24.3 Å². The van der Waals surface area contributed by atoms with Crippen LogP contribution >= 0.6 is 0 Å². The molecule has 0 heterocycles. The third-order valence-corrected chi connectivity index (χ3v) is 3.82. The van der Waals surface area contributed by atoms with E-state index in [2.05, 4.69) is 4.72 Å². The van der Waals surface area contributed by atoms with Gasteiger partial charge in [0.1, 0.15) is 0 Å². The maximum atomic E-state index is 11.9. The summed E-state index contributed by atoms with van der Waals surface area (Å²) in [5.41, 5.74) is 0.858. The molecule has 1 N–H and O–H groups in total. The molecule has 0 saturated carbocycles. The first-order valence-electron chi connectivity index (χ1n) is 6.11. The van der Waals surface area contributed by atoms with Crippen molar-refractivity contribution in [3.63, 3.8) is 0 Å². The predicted octanol–water partition coefficient (Wildman–Crippen LogP) is 0.641. The molecule has 110 valence electrons. The highest BCUT2D eigenvalue weighted by Gasteiger charge is 2.13. The van der Waals surface area contributed by atoms with Gasteiger partial charge in [0, 0.05) is 13.7 Å². The van der Waals surface area contributed by atoms with Crippen LogP contribution in [-0.4, -0.2) is 41.9 Å². The summed E-state index contributed by atoms with van der Waals surface area (Å²) in [6.07, 6.45) is 0. The van der Waals surface area contributed by atoms with E-state index in [1.54, 1.807) is 31.4 Å². The van der Waals surface area contributed by atoms with Gasteiger partial charge in [0.2, 0.25) is 10.0 Å². The molecule has 6 nitrogen and oxygen atoms in total. The van der Waals surface area contributed by atoms with Gasteiger partial charge in [-0.15, -0.1) is 0 Å². The molecule has 1 rings (SSSR count). The van der Waals surface area contributed by atoms with E-state index in [1.807, 2.05) is 6.07 Å². The Kier molecular flexibility index (Phi) is 7.18. The first-order valence-corrected chi connectivity index (χ1v) is 7.76. The summed E-state index contributed by atoms with van der Waals surface area (Å²) in [6, 6.07) is 8.61. The van der Waals surface area contributed by atoms with Crippen LogP contribution in [0, 0.1) is 11.3 Å². The smallest absolute Gasteiger partial charge is 0.215 e. The summed E-state index contributed by atoms with van der Waals surface area (Å²) < 4.78 is 36.1. The Balaban J connectivity index is 2.44. The molecule has 0 bridgehead atoms. The summed E-state index contributed by atoms with van der Waals surface area (Å²) in [5, 5.41) is 8.91. The van der Waals surface area contributed by atoms with Crippen molar-refractivity contribution < 1.29 is 17.9 Å². The normalized spacial score (nSPS) is 11.2. The average molecular weight is 298 g/mol. The highest BCUT2D eigenvalue weighted by Crippen LogP contribution is 2.10. The molecular weight excluding hydrogens is 280 g/mol. The Bertz CT molecular complexity index is 552. The minimum absolute atomic E-state index is 0.195. The fraction of sp³-hybridized carbons (Fsp3) is 0.462. The monoisotopic (exact) mass is 298 g/mol. The first-order chi connectivity index (χ1) is 9.59. The molecule has 0 aliphatic rings. The largest absolute Gasteiger partial charge is 0.382 e. The van der Waals surface area contributed by atoms with Gasteiger partial charge in [-0.1, -0.05) is 18.2 Å². The molecule has 20 heavy (non-hydrogen) atoms. The average Bonchev–Trinajstić information content (AvgIpc) is 2.43. The lowest BCUT2D eigenvalue weighted by atomic mass is 10.1. The summed E-state index contributed by atoms with van der Waals surface area (Å²) in [4.78, 5) is 0. The van der Waals surface area contributed by atoms with Gasteiger partial charge in [0.25, 0.3) is 0 Å². The molecular formula is C13H18N2O4S. The Hall–Kier alpha value is -1.46. The fourth-order valence-electron chi connectivity index (χ4n) is 1.52. The van der Waals surface area contributed by atoms with Gasteiger partial charge in [-0.3, -0.25) is 0 Å². The molecule has 0 fully saturated rings. The highest BCUT2D eigenvalue weighted by atomic mass is 32.2. The zero-order valence-corrected chi connectivity index (χ0v) is 12.1. The minimum Gasteiger partial charge on any atom is -0.382 e. The molecule has 0 aliphatic carbocycles. The van der Waals surface area contributed by atoms with Crippen LogP contribution in [0.1, 0.15) is 11.1 Å². The lowest BCUT2D eigenvalue weighted by Gasteiger charge is -2.08. The van der Waals surface area contributed by atoms with Crippen molar-refractivity contribution in [2.24, 2.45) is 0 Å². The highest BCUT2D eigenvalue weighted by molar-refractivity contribution is 7.88. The van der Waals surface area contributed by atoms with Gasteiger partial charge in [-0.2, -0.15) is 5.26 Å². The first kappa shape index (κ1) is 16.6. The van der Waals surface area contributed by atoms with Crippen molar-refractivity contribution in [1.29, 1.82) is 5.26 Å². The van der Waals surface area contributed by atoms with Gasteiger partial charge in [-0.25, -0.2) is 13.1 Å². The second kappa shape index (κ2) is 8.66. The quantitative estimate of drug-likeness (QED) is 0.676. The van der Waals surface area contributed by atoms with Crippen LogP contribution in [0.15, 0.2) is 24.3 Å². The number of sulfonamides is 1. The predicted molar refractivity (Wildman–Crippen MR) is 74.5 cm³/mol. The molecule has 1 aromatic rings. The molecule has 0 spiro atoms. The Labute approximate surface area is 119 Å². The Morgan fingerprint density at radius 3 is 2.70 bits per heavy atom. The van der Waals surface area contributed by atoms with E-state index in [4.69, 9.17) is 14.7 Å². The molecule has 0 amide bonds. The number of nitrogens with zero attached hydrogens (tertiary/aromatic N) is 1. The van der Waals surface area contributed by atoms with E-state index < -0.39 is 10.0 Å². The lowest BCUT2D eigenvalue weighted by Crippen LogP contribution is -2.29. The Morgan fingerprint density at radius 1 is 1.25 bits per heavy atom. The number of rotatable bonds is 9. The van der Waals surface area contributed by atoms with E-state index in [9.17, 15) is 8.42 Å². The van der Waals surface area contributed by atoms with Gasteiger partial charge in [0.05, 0.1) is 37.2 Å². The Morgan fingerprint density at radius 2 is 2.00 bits per heavy atom. The summed E-state index contributed by atoms with van der Waals surface area (Å²) in [7, 11) is -1.90. The molecule has 0 aliphatic heterocycles. The van der Waals surface area contributed by atoms with Crippen molar-refractivity contribution in [2.75, 3.05) is 33.5 Å². The number of nitrogens with one attached hydrogen (secondary N) is 1. The van der Waals surface area contributed by atoms with Crippen LogP contribution in [0.25, 0.3) is 0 Å². The lowest BCUT2D eigenvalue weighted by molar-refractivity contribution is 0.0736. The SMILES string of the molecule is COCCOCCNS(=O)(=O)Cc1ccccc1C#N. The molecule has 0 aromatic heterocycles. The van der Waals surface area contributed by atoms with Gasteiger partial charge in [0.15, 0.2) is 0 Å². The van der Waals surface area contributed by atoms with E-state index >= 15 is 0 Å². The van der Waals surface area contributed by atoms with Crippen LogP contribution in [-0.2, 0) is 25.2 Å². The number of hydrogen-bond acceptors (Lipinski definition) is 5. The number of benzene rings is 1. The number of hydrogen-bond donors (Lipinski definition) is 1. The van der Waals surface area contributed by atoms with Crippen LogP contribution in [0.4, 0.5) is 0 Å². The molecule has 0 radical (unpaired) electrons. The molecule has 0 saturated heterocycles. The zero-order valence-electron chi connectivity index (χ0n) is 11.3. The number of nitriles is 1. The second-order valence-electron chi connectivity index (χ2n) is 4.03. The van der Waals surface area contributed by atoms with Crippen molar-refractivity contribution in [2.45, 2.75) is 5.75 Å². The molecule has 7 heteroatoms. The molecule has 0 atom stereocenters. The van der Waals surface area contributed by atoms with E-state index in [0.717, 1.165) is 0 Å². The van der Waals surface area contributed by atoms with Crippen molar-refractivity contribution in [3.8, 4) is 6.07 Å². The number of methoxy groups -OCH3 is 1. The second-order valence-corrected chi connectivity index (χ2v) is 5.83. The van der Waals surface area contributed by atoms with Crippen LogP contribution in [0.2, 0.25) is 0 Å². The topological polar surface area (TPSA) is 88.4 Å². The molecule has 1 aromatic carbocycles. The fourth-order valence-corrected chi connectivity index (χ4v) is 2.68. The van der Waals surface area contributed by atoms with Gasteiger partial charge in [-0.05, 0) is 11.6 Å². The molecule has 0 unspecified atom stereocenters. The maximum Gasteiger partial charge on any atom is 0.215 e. The van der Waals surface area contributed by atoms with E-state index in [-0.39, 0.29) is 18.9 Å². The van der Waals surface area contributed by atoms with Crippen molar-refractivity contribution in [1.82, 2.24) is 4.72 Å². The van der Waals surface area contributed by atoms with Crippen LogP contribution < -0.4 is 4.72 Å². The number of ether oxygens (including phenoxy) is 2. The summed E-state index contributed by atoms with van der Waals surface area (Å²) in [6.45, 7) is 1.38. The minimum atomic E-state index is -3.47. The summed E-state index contributed by atoms with van der Waals surface area (Å²) >= 11 is 0. The van der Waals surface area contributed by atoms with Crippen molar-refractivity contribution in [3.05, 3.63) is 35.4 Å².